The van der Waals surface area contributed by atoms with Crippen molar-refractivity contribution >= 4 is 22.6 Å². The quantitative estimate of drug-likeness (QED) is 0.750. The molecule has 1 aliphatic rings. The van der Waals surface area contributed by atoms with Crippen LogP contribution in [-0.4, -0.2) is 19.6 Å². The van der Waals surface area contributed by atoms with E-state index in [2.05, 4.69) is 9.97 Å². The van der Waals surface area contributed by atoms with Gasteiger partial charge in [0.2, 0.25) is 0 Å². The smallest absolute Gasteiger partial charge is 0.330 e. The van der Waals surface area contributed by atoms with Crippen LogP contribution in [0.4, 0.5) is 4.39 Å². The van der Waals surface area contributed by atoms with Crippen LogP contribution in [0.1, 0.15) is 12.8 Å². The number of nitrogens with one attached hydrogen (secondary N) is 1. The Hall–Kier alpha value is -2.67. The summed E-state index contributed by atoms with van der Waals surface area (Å²) < 4.78 is 15.6. The van der Waals surface area contributed by atoms with Crippen molar-refractivity contribution in [3.63, 3.8) is 0 Å². The molecule has 1 saturated carbocycles. The van der Waals surface area contributed by atoms with Gasteiger partial charge in [0, 0.05) is 6.54 Å². The van der Waals surface area contributed by atoms with Crippen molar-refractivity contribution in [2.45, 2.75) is 19.4 Å². The zero-order valence-electron chi connectivity index (χ0n) is 12.9. The lowest BCUT2D eigenvalue weighted by molar-refractivity contribution is 0.471. The largest absolute Gasteiger partial charge is 0.507 e. The van der Waals surface area contributed by atoms with E-state index >= 15 is 0 Å². The van der Waals surface area contributed by atoms with Gasteiger partial charge in [0.05, 0.1) is 21.7 Å². The van der Waals surface area contributed by atoms with E-state index in [1.165, 1.54) is 28.8 Å². The Morgan fingerprint density at radius 3 is 2.80 bits per heavy atom. The minimum atomic E-state index is -0.699. The molecule has 4 rings (SSSR count). The van der Waals surface area contributed by atoms with E-state index in [4.69, 9.17) is 11.6 Å². The van der Waals surface area contributed by atoms with Crippen LogP contribution >= 0.6 is 11.6 Å². The molecule has 0 spiro atoms. The average Bonchev–Trinajstić information content (AvgIpc) is 3.36. The van der Waals surface area contributed by atoms with Crippen LogP contribution in [-0.2, 0) is 6.54 Å². The maximum Gasteiger partial charge on any atom is 0.330 e. The molecule has 0 atom stereocenters. The van der Waals surface area contributed by atoms with Crippen LogP contribution in [0.3, 0.4) is 0 Å². The zero-order chi connectivity index (χ0) is 17.7. The van der Waals surface area contributed by atoms with Crippen molar-refractivity contribution < 1.29 is 9.50 Å². The molecule has 0 amide bonds. The number of hydrogen-bond acceptors (Lipinski definition) is 4. The first-order valence-corrected chi connectivity index (χ1v) is 8.14. The highest BCUT2D eigenvalue weighted by Gasteiger charge is 2.25. The SMILES string of the molecule is O=c1[nH]c(=O)n(CC2CC2)c2nc(-c3c(O)cccc3F)c(Cl)cc12. The number of aromatic hydroxyl groups is 1. The van der Waals surface area contributed by atoms with Gasteiger partial charge in [-0.1, -0.05) is 17.7 Å². The average molecular weight is 362 g/mol. The third-order valence-electron chi connectivity index (χ3n) is 4.29. The number of aromatic amines is 1. The molecular weight excluding hydrogens is 349 g/mol. The molecule has 6 nitrogen and oxygen atoms in total. The van der Waals surface area contributed by atoms with E-state index in [1.54, 1.807) is 0 Å². The van der Waals surface area contributed by atoms with Crippen molar-refractivity contribution in [2.24, 2.45) is 5.92 Å². The number of aromatic nitrogens is 3. The third kappa shape index (κ3) is 2.70. The Labute approximate surface area is 145 Å². The first-order chi connectivity index (χ1) is 12.0. The Bertz CT molecular complexity index is 1100. The van der Waals surface area contributed by atoms with Gasteiger partial charge in [0.25, 0.3) is 5.56 Å². The van der Waals surface area contributed by atoms with E-state index in [-0.39, 0.29) is 33.1 Å². The predicted octanol–water partition coefficient (Wildman–Crippen LogP) is 2.66. The molecular formula is C17H13ClFN3O3. The zero-order valence-corrected chi connectivity index (χ0v) is 13.7. The molecule has 2 N–H and O–H groups in total. The summed E-state index contributed by atoms with van der Waals surface area (Å²) in [5.74, 6) is -0.668. The fourth-order valence-corrected chi connectivity index (χ4v) is 3.08. The summed E-state index contributed by atoms with van der Waals surface area (Å²) >= 11 is 6.18. The highest BCUT2D eigenvalue weighted by molar-refractivity contribution is 6.33. The van der Waals surface area contributed by atoms with Gasteiger partial charge in [-0.25, -0.2) is 14.2 Å². The minimum Gasteiger partial charge on any atom is -0.507 e. The molecule has 128 valence electrons. The van der Waals surface area contributed by atoms with Gasteiger partial charge in [0.1, 0.15) is 17.2 Å². The van der Waals surface area contributed by atoms with Crippen LogP contribution in [0.15, 0.2) is 33.9 Å². The Balaban J connectivity index is 2.05. The summed E-state index contributed by atoms with van der Waals surface area (Å²) in [5, 5.41) is 10.2. The number of phenolic OH excluding ortho intramolecular Hbond substituents is 1. The van der Waals surface area contributed by atoms with Crippen molar-refractivity contribution in [3.8, 4) is 17.0 Å². The molecule has 1 fully saturated rings. The number of rotatable bonds is 3. The van der Waals surface area contributed by atoms with Gasteiger partial charge in [-0.2, -0.15) is 0 Å². The second-order valence-electron chi connectivity index (χ2n) is 6.14. The summed E-state index contributed by atoms with van der Waals surface area (Å²) in [5.41, 5.74) is -1.23. The molecule has 8 heteroatoms. The van der Waals surface area contributed by atoms with Gasteiger partial charge in [-0.15, -0.1) is 0 Å². The number of H-pyrrole nitrogens is 1. The topological polar surface area (TPSA) is 88.0 Å². The predicted molar refractivity (Wildman–Crippen MR) is 91.4 cm³/mol. The lowest BCUT2D eigenvalue weighted by atomic mass is 10.1. The Morgan fingerprint density at radius 1 is 1.36 bits per heavy atom. The molecule has 1 aliphatic carbocycles. The number of fused-ring (bicyclic) bond motifs is 1. The van der Waals surface area contributed by atoms with Gasteiger partial charge < -0.3 is 5.11 Å². The number of pyridine rings is 1. The van der Waals surface area contributed by atoms with E-state index in [0.717, 1.165) is 12.8 Å². The Kier molecular flexibility index (Phi) is 3.61. The molecule has 0 radical (unpaired) electrons. The van der Waals surface area contributed by atoms with E-state index < -0.39 is 17.1 Å². The summed E-state index contributed by atoms with van der Waals surface area (Å²) in [6, 6.07) is 5.19. The van der Waals surface area contributed by atoms with E-state index in [9.17, 15) is 19.1 Å². The van der Waals surface area contributed by atoms with Gasteiger partial charge >= 0.3 is 5.69 Å². The van der Waals surface area contributed by atoms with Crippen molar-refractivity contribution in [1.82, 2.24) is 14.5 Å². The summed E-state index contributed by atoms with van der Waals surface area (Å²) in [6.07, 6.45) is 2.00. The molecule has 25 heavy (non-hydrogen) atoms. The normalized spacial score (nSPS) is 14.2. The lowest BCUT2D eigenvalue weighted by Crippen LogP contribution is -2.31. The van der Waals surface area contributed by atoms with Gasteiger partial charge in [-0.3, -0.25) is 14.3 Å². The molecule has 3 aromatic rings. The molecule has 0 unspecified atom stereocenters. The fourth-order valence-electron chi connectivity index (χ4n) is 2.83. The highest BCUT2D eigenvalue weighted by Crippen LogP contribution is 2.36. The van der Waals surface area contributed by atoms with E-state index in [1.807, 2.05) is 0 Å². The first-order valence-electron chi connectivity index (χ1n) is 7.77. The second-order valence-corrected chi connectivity index (χ2v) is 6.54. The van der Waals surface area contributed by atoms with Crippen LogP contribution in [0.5, 0.6) is 5.75 Å². The lowest BCUT2D eigenvalue weighted by Gasteiger charge is -2.12. The van der Waals surface area contributed by atoms with Gasteiger partial charge in [0.15, 0.2) is 0 Å². The number of benzene rings is 1. The third-order valence-corrected chi connectivity index (χ3v) is 4.58. The number of phenols is 1. The molecule has 0 aliphatic heterocycles. The van der Waals surface area contributed by atoms with Crippen LogP contribution in [0.2, 0.25) is 5.02 Å². The van der Waals surface area contributed by atoms with Crippen molar-refractivity contribution in [3.05, 3.63) is 55.9 Å². The molecule has 0 saturated heterocycles. The summed E-state index contributed by atoms with van der Waals surface area (Å²) in [7, 11) is 0. The molecule has 1 aromatic carbocycles. The molecule has 2 heterocycles. The van der Waals surface area contributed by atoms with Crippen molar-refractivity contribution in [2.75, 3.05) is 0 Å². The maximum atomic E-state index is 14.2. The summed E-state index contributed by atoms with van der Waals surface area (Å²) in [6.45, 7) is 0.420. The first kappa shape index (κ1) is 15.8. The maximum absolute atomic E-state index is 14.2. The standard InChI is InChI=1S/C17H13ClFN3O3/c18-10-6-9-15(20-14(10)13-11(19)2-1-3-12(13)23)22(7-8-4-5-8)17(25)21-16(9)24/h1-3,6,8,23H,4-5,7H2,(H,21,24,25). The van der Waals surface area contributed by atoms with Crippen molar-refractivity contribution in [1.29, 1.82) is 0 Å². The second kappa shape index (κ2) is 5.70. The fraction of sp³-hybridized carbons (Fsp3) is 0.235. The number of halogens is 2. The van der Waals surface area contributed by atoms with Crippen LogP contribution in [0.25, 0.3) is 22.3 Å². The van der Waals surface area contributed by atoms with E-state index in [0.29, 0.717) is 12.5 Å². The summed E-state index contributed by atoms with van der Waals surface area (Å²) in [4.78, 5) is 30.8. The number of hydrogen-bond donors (Lipinski definition) is 2. The minimum absolute atomic E-state index is 0.00928. The molecule has 0 bridgehead atoms. The highest BCUT2D eigenvalue weighted by atomic mass is 35.5. The molecule has 2 aromatic heterocycles. The monoisotopic (exact) mass is 361 g/mol. The Morgan fingerprint density at radius 2 is 2.12 bits per heavy atom. The van der Waals surface area contributed by atoms with Crippen LogP contribution in [0, 0.1) is 11.7 Å². The van der Waals surface area contributed by atoms with Gasteiger partial charge in [-0.05, 0) is 37.0 Å². The number of nitrogens with zero attached hydrogens (tertiary/aromatic N) is 2. The van der Waals surface area contributed by atoms with Crippen LogP contribution < -0.4 is 11.2 Å².